The summed E-state index contributed by atoms with van der Waals surface area (Å²) in [5.74, 6) is 1.56. The lowest BCUT2D eigenvalue weighted by atomic mass is 10.2. The predicted molar refractivity (Wildman–Crippen MR) is 112 cm³/mol. The highest BCUT2D eigenvalue weighted by Gasteiger charge is 2.28. The van der Waals surface area contributed by atoms with Gasteiger partial charge in [0.2, 0.25) is 0 Å². The van der Waals surface area contributed by atoms with Crippen molar-refractivity contribution >= 4 is 5.91 Å². The van der Waals surface area contributed by atoms with E-state index in [1.54, 1.807) is 30.0 Å². The predicted octanol–water partition coefficient (Wildman–Crippen LogP) is 3.82. The van der Waals surface area contributed by atoms with E-state index in [0.717, 1.165) is 5.56 Å². The van der Waals surface area contributed by atoms with Gasteiger partial charge in [-0.1, -0.05) is 36.4 Å². The first kappa shape index (κ1) is 19.8. The smallest absolute Gasteiger partial charge is 0.339 e. The SMILES string of the molecule is Cc1cc(O[C@@H]2CCN(C(=O)c3cccc(OCc4ccccc4)c3)C2)cc(=O)o1. The van der Waals surface area contributed by atoms with Gasteiger partial charge in [0.25, 0.3) is 5.91 Å². The van der Waals surface area contributed by atoms with Gasteiger partial charge < -0.3 is 18.8 Å². The van der Waals surface area contributed by atoms with Gasteiger partial charge in [0.05, 0.1) is 12.6 Å². The van der Waals surface area contributed by atoms with Gasteiger partial charge in [-0.2, -0.15) is 0 Å². The lowest BCUT2D eigenvalue weighted by Gasteiger charge is -2.18. The molecule has 1 aromatic heterocycles. The minimum atomic E-state index is -0.441. The molecule has 0 aliphatic carbocycles. The van der Waals surface area contributed by atoms with Crippen LogP contribution in [0.15, 0.2) is 75.9 Å². The highest BCUT2D eigenvalue weighted by molar-refractivity contribution is 5.94. The molecular weight excluding hydrogens is 382 g/mol. The van der Waals surface area contributed by atoms with Crippen LogP contribution in [-0.2, 0) is 6.61 Å². The second-order valence-electron chi connectivity index (χ2n) is 7.30. The van der Waals surface area contributed by atoms with Gasteiger partial charge in [-0.05, 0) is 30.7 Å². The number of hydrogen-bond donors (Lipinski definition) is 0. The molecule has 1 amide bonds. The summed E-state index contributed by atoms with van der Waals surface area (Å²) in [6.45, 7) is 3.21. The van der Waals surface area contributed by atoms with Crippen LogP contribution in [-0.4, -0.2) is 30.0 Å². The van der Waals surface area contributed by atoms with Crippen LogP contribution in [0.3, 0.4) is 0 Å². The summed E-state index contributed by atoms with van der Waals surface area (Å²) in [5.41, 5.74) is 1.21. The first-order valence-corrected chi connectivity index (χ1v) is 9.91. The fraction of sp³-hybridized carbons (Fsp3) is 0.250. The van der Waals surface area contributed by atoms with Crippen LogP contribution in [0.25, 0.3) is 0 Å². The van der Waals surface area contributed by atoms with Crippen molar-refractivity contribution in [3.8, 4) is 11.5 Å². The van der Waals surface area contributed by atoms with E-state index in [-0.39, 0.29) is 12.0 Å². The fourth-order valence-corrected chi connectivity index (χ4v) is 3.49. The van der Waals surface area contributed by atoms with E-state index < -0.39 is 5.63 Å². The van der Waals surface area contributed by atoms with Crippen molar-refractivity contribution in [3.63, 3.8) is 0 Å². The summed E-state index contributed by atoms with van der Waals surface area (Å²) in [5, 5.41) is 0. The van der Waals surface area contributed by atoms with Crippen LogP contribution in [0.4, 0.5) is 0 Å². The maximum Gasteiger partial charge on any atom is 0.339 e. The molecule has 0 unspecified atom stereocenters. The first-order valence-electron chi connectivity index (χ1n) is 9.91. The number of ether oxygens (including phenoxy) is 2. The van der Waals surface area contributed by atoms with E-state index in [4.69, 9.17) is 13.9 Å². The number of nitrogens with zero attached hydrogens (tertiary/aromatic N) is 1. The number of aryl methyl sites for hydroxylation is 1. The van der Waals surface area contributed by atoms with Crippen LogP contribution < -0.4 is 15.1 Å². The van der Waals surface area contributed by atoms with Gasteiger partial charge in [-0.25, -0.2) is 4.79 Å². The summed E-state index contributed by atoms with van der Waals surface area (Å²) in [6, 6.07) is 20.1. The molecule has 0 radical (unpaired) electrons. The minimum Gasteiger partial charge on any atom is -0.489 e. The molecule has 0 N–H and O–H groups in total. The number of carbonyl (C=O) groups is 1. The molecule has 1 fully saturated rings. The van der Waals surface area contributed by atoms with Crippen molar-refractivity contribution < 1.29 is 18.7 Å². The molecule has 2 aromatic carbocycles. The molecule has 1 aliphatic rings. The Bertz CT molecular complexity index is 1080. The number of amides is 1. The highest BCUT2D eigenvalue weighted by Crippen LogP contribution is 2.22. The molecule has 30 heavy (non-hydrogen) atoms. The molecule has 154 valence electrons. The molecule has 1 atom stereocenters. The molecule has 6 heteroatoms. The first-order chi connectivity index (χ1) is 14.6. The topological polar surface area (TPSA) is 69.0 Å². The summed E-state index contributed by atoms with van der Waals surface area (Å²) in [4.78, 5) is 26.2. The Morgan fingerprint density at radius 3 is 2.70 bits per heavy atom. The van der Waals surface area contributed by atoms with Crippen molar-refractivity contribution in [3.05, 3.63) is 94.0 Å². The third-order valence-corrected chi connectivity index (χ3v) is 4.93. The number of hydrogen-bond acceptors (Lipinski definition) is 5. The van der Waals surface area contributed by atoms with Crippen LogP contribution >= 0.6 is 0 Å². The molecule has 0 spiro atoms. The quantitative estimate of drug-likeness (QED) is 0.624. The Labute approximate surface area is 174 Å². The Balaban J connectivity index is 1.37. The zero-order valence-corrected chi connectivity index (χ0v) is 16.7. The molecule has 1 aliphatic heterocycles. The summed E-state index contributed by atoms with van der Waals surface area (Å²) < 4.78 is 16.7. The Morgan fingerprint density at radius 2 is 1.90 bits per heavy atom. The van der Waals surface area contributed by atoms with Gasteiger partial charge in [0, 0.05) is 24.6 Å². The van der Waals surface area contributed by atoms with E-state index in [9.17, 15) is 9.59 Å². The number of rotatable bonds is 6. The summed E-state index contributed by atoms with van der Waals surface area (Å²) >= 11 is 0. The molecule has 6 nitrogen and oxygen atoms in total. The van der Waals surface area contributed by atoms with Gasteiger partial charge in [0.15, 0.2) is 0 Å². The Kier molecular flexibility index (Phi) is 5.84. The largest absolute Gasteiger partial charge is 0.489 e. The highest BCUT2D eigenvalue weighted by atomic mass is 16.5. The van der Waals surface area contributed by atoms with E-state index in [1.165, 1.54) is 6.07 Å². The maximum atomic E-state index is 12.9. The van der Waals surface area contributed by atoms with Crippen LogP contribution in [0.1, 0.15) is 28.1 Å². The third-order valence-electron chi connectivity index (χ3n) is 4.93. The van der Waals surface area contributed by atoms with Crippen molar-refractivity contribution in [1.29, 1.82) is 0 Å². The molecular formula is C24H23NO5. The molecule has 4 rings (SSSR count). The monoisotopic (exact) mass is 405 g/mol. The van der Waals surface area contributed by atoms with Crippen molar-refractivity contribution in [1.82, 2.24) is 4.90 Å². The number of carbonyl (C=O) groups excluding carboxylic acids is 1. The Morgan fingerprint density at radius 1 is 1.07 bits per heavy atom. The van der Waals surface area contributed by atoms with Crippen molar-refractivity contribution in [2.45, 2.75) is 26.1 Å². The van der Waals surface area contributed by atoms with Gasteiger partial charge >= 0.3 is 5.63 Å². The van der Waals surface area contributed by atoms with E-state index in [1.807, 2.05) is 42.5 Å². The van der Waals surface area contributed by atoms with E-state index in [2.05, 4.69) is 0 Å². The standard InChI is InChI=1S/C24H23NO5/c1-17-12-22(14-23(26)29-17)30-21-10-11-25(15-21)24(27)19-8-5-9-20(13-19)28-16-18-6-3-2-4-7-18/h2-9,12-14,21H,10-11,15-16H2,1H3/t21-/m1/s1. The van der Waals surface area contributed by atoms with Crippen LogP contribution in [0.2, 0.25) is 0 Å². The molecule has 0 bridgehead atoms. The average molecular weight is 405 g/mol. The van der Waals surface area contributed by atoms with Crippen molar-refractivity contribution in [2.24, 2.45) is 0 Å². The maximum absolute atomic E-state index is 12.9. The summed E-state index contributed by atoms with van der Waals surface area (Å²) in [6.07, 6.45) is 0.544. The van der Waals surface area contributed by atoms with E-state index >= 15 is 0 Å². The fourth-order valence-electron chi connectivity index (χ4n) is 3.49. The Hall–Kier alpha value is -3.54. The third kappa shape index (κ3) is 4.89. The second-order valence-corrected chi connectivity index (χ2v) is 7.30. The summed E-state index contributed by atoms with van der Waals surface area (Å²) in [7, 11) is 0. The van der Waals surface area contributed by atoms with Gasteiger partial charge in [-0.3, -0.25) is 4.79 Å². The van der Waals surface area contributed by atoms with Gasteiger partial charge in [-0.15, -0.1) is 0 Å². The van der Waals surface area contributed by atoms with Gasteiger partial charge in [0.1, 0.15) is 30.0 Å². The molecule has 0 saturated carbocycles. The lowest BCUT2D eigenvalue weighted by molar-refractivity contribution is 0.0771. The minimum absolute atomic E-state index is 0.0602. The zero-order valence-electron chi connectivity index (χ0n) is 16.7. The van der Waals surface area contributed by atoms with E-state index in [0.29, 0.717) is 48.9 Å². The number of benzene rings is 2. The molecule has 3 aromatic rings. The second kappa shape index (κ2) is 8.86. The van der Waals surface area contributed by atoms with Crippen molar-refractivity contribution in [2.75, 3.05) is 13.1 Å². The van der Waals surface area contributed by atoms with Crippen LogP contribution in [0, 0.1) is 6.92 Å². The normalized spacial score (nSPS) is 15.8. The zero-order chi connectivity index (χ0) is 20.9. The average Bonchev–Trinajstić information content (AvgIpc) is 3.20. The number of likely N-dealkylation sites (tertiary alicyclic amines) is 1. The van der Waals surface area contributed by atoms with Crippen LogP contribution in [0.5, 0.6) is 11.5 Å². The molecule has 2 heterocycles. The molecule has 1 saturated heterocycles. The lowest BCUT2D eigenvalue weighted by Crippen LogP contribution is -2.31.